The molecule has 0 aliphatic heterocycles. The van der Waals surface area contributed by atoms with Crippen LogP contribution in [0.25, 0.3) is 0 Å². The smallest absolute Gasteiger partial charge is 0.165 e. The van der Waals surface area contributed by atoms with Gasteiger partial charge in [-0.25, -0.2) is 4.68 Å². The Bertz CT molecular complexity index is 309. The maximum absolute atomic E-state index is 4.12. The van der Waals surface area contributed by atoms with E-state index in [-0.39, 0.29) is 0 Å². The van der Waals surface area contributed by atoms with Crippen LogP contribution in [0.1, 0.15) is 44.5 Å². The summed E-state index contributed by atoms with van der Waals surface area (Å²) in [5.74, 6) is 1.65. The Balaban J connectivity index is 2.15. The SMILES string of the molecule is CNCc1nnnn1C1CCCCC1C. The van der Waals surface area contributed by atoms with E-state index in [1.54, 1.807) is 0 Å². The zero-order valence-corrected chi connectivity index (χ0v) is 9.48. The molecule has 1 aromatic rings. The minimum Gasteiger partial charge on any atom is -0.313 e. The summed E-state index contributed by atoms with van der Waals surface area (Å²) in [6.45, 7) is 3.05. The van der Waals surface area contributed by atoms with E-state index < -0.39 is 0 Å². The lowest BCUT2D eigenvalue weighted by Crippen LogP contribution is -2.25. The minimum atomic E-state index is 0.497. The van der Waals surface area contributed by atoms with Crippen molar-refractivity contribution in [3.63, 3.8) is 0 Å². The molecule has 1 saturated carbocycles. The average molecular weight is 209 g/mol. The summed E-state index contributed by atoms with van der Waals surface area (Å²) in [7, 11) is 1.92. The van der Waals surface area contributed by atoms with Gasteiger partial charge in [0.05, 0.1) is 12.6 Å². The van der Waals surface area contributed by atoms with Crippen LogP contribution in [0.5, 0.6) is 0 Å². The van der Waals surface area contributed by atoms with Crippen LogP contribution in [-0.4, -0.2) is 27.3 Å². The number of nitrogens with one attached hydrogen (secondary N) is 1. The molecule has 0 spiro atoms. The maximum atomic E-state index is 4.12. The lowest BCUT2D eigenvalue weighted by molar-refractivity contribution is 0.231. The molecule has 2 atom stereocenters. The van der Waals surface area contributed by atoms with E-state index in [1.807, 2.05) is 11.7 Å². The second-order valence-electron chi connectivity index (χ2n) is 4.40. The van der Waals surface area contributed by atoms with Crippen LogP contribution in [-0.2, 0) is 6.54 Å². The Kier molecular flexibility index (Phi) is 3.30. The third kappa shape index (κ3) is 2.17. The zero-order valence-electron chi connectivity index (χ0n) is 9.48. The van der Waals surface area contributed by atoms with Crippen LogP contribution < -0.4 is 5.32 Å². The van der Waals surface area contributed by atoms with Crippen LogP contribution in [0.15, 0.2) is 0 Å². The number of aromatic nitrogens is 4. The monoisotopic (exact) mass is 209 g/mol. The number of rotatable bonds is 3. The first-order valence-corrected chi connectivity index (χ1v) is 5.74. The van der Waals surface area contributed by atoms with Crippen molar-refractivity contribution in [1.29, 1.82) is 0 Å². The quantitative estimate of drug-likeness (QED) is 0.811. The Morgan fingerprint density at radius 1 is 1.40 bits per heavy atom. The third-order valence-electron chi connectivity index (χ3n) is 3.28. The lowest BCUT2D eigenvalue weighted by atomic mass is 9.86. The van der Waals surface area contributed by atoms with Crippen molar-refractivity contribution in [1.82, 2.24) is 25.5 Å². The van der Waals surface area contributed by atoms with E-state index in [2.05, 4.69) is 27.8 Å². The van der Waals surface area contributed by atoms with Gasteiger partial charge in [0, 0.05) is 0 Å². The Morgan fingerprint density at radius 3 is 2.93 bits per heavy atom. The third-order valence-corrected chi connectivity index (χ3v) is 3.28. The second-order valence-corrected chi connectivity index (χ2v) is 4.40. The Hall–Kier alpha value is -0.970. The molecule has 1 aliphatic rings. The molecule has 2 unspecified atom stereocenters. The van der Waals surface area contributed by atoms with Gasteiger partial charge in [0.25, 0.3) is 0 Å². The predicted octanol–water partition coefficient (Wildman–Crippen LogP) is 1.14. The van der Waals surface area contributed by atoms with Gasteiger partial charge in [-0.15, -0.1) is 5.10 Å². The van der Waals surface area contributed by atoms with Gasteiger partial charge in [-0.05, 0) is 36.2 Å². The first-order chi connectivity index (χ1) is 7.33. The predicted molar refractivity (Wildman–Crippen MR) is 57.2 cm³/mol. The van der Waals surface area contributed by atoms with Crippen LogP contribution in [0, 0.1) is 5.92 Å². The van der Waals surface area contributed by atoms with Crippen molar-refractivity contribution < 1.29 is 0 Å². The number of tetrazole rings is 1. The molecule has 2 rings (SSSR count). The van der Waals surface area contributed by atoms with Gasteiger partial charge in [-0.1, -0.05) is 19.8 Å². The highest BCUT2D eigenvalue weighted by atomic mass is 15.6. The minimum absolute atomic E-state index is 0.497. The molecule has 1 aliphatic carbocycles. The van der Waals surface area contributed by atoms with Crippen molar-refractivity contribution >= 4 is 0 Å². The first-order valence-electron chi connectivity index (χ1n) is 5.74. The molecule has 1 N–H and O–H groups in total. The van der Waals surface area contributed by atoms with Gasteiger partial charge < -0.3 is 5.32 Å². The van der Waals surface area contributed by atoms with Crippen LogP contribution in [0.3, 0.4) is 0 Å². The summed E-state index contributed by atoms with van der Waals surface area (Å²) in [5, 5.41) is 15.1. The highest BCUT2D eigenvalue weighted by Gasteiger charge is 2.25. The molecule has 84 valence electrons. The van der Waals surface area contributed by atoms with E-state index in [0.29, 0.717) is 12.0 Å². The van der Waals surface area contributed by atoms with Gasteiger partial charge in [0.2, 0.25) is 0 Å². The average Bonchev–Trinajstić information content (AvgIpc) is 2.67. The molecular formula is C10H19N5. The summed E-state index contributed by atoms with van der Waals surface area (Å²) in [5.41, 5.74) is 0. The van der Waals surface area contributed by atoms with Crippen molar-refractivity contribution in [3.05, 3.63) is 5.82 Å². The fraction of sp³-hybridized carbons (Fsp3) is 0.900. The fourth-order valence-corrected chi connectivity index (χ4v) is 2.40. The second kappa shape index (κ2) is 4.70. The highest BCUT2D eigenvalue weighted by Crippen LogP contribution is 2.33. The molecule has 0 aromatic carbocycles. The van der Waals surface area contributed by atoms with E-state index in [4.69, 9.17) is 0 Å². The Labute approximate surface area is 90.2 Å². The van der Waals surface area contributed by atoms with Crippen molar-refractivity contribution in [2.24, 2.45) is 5.92 Å². The molecule has 1 aromatic heterocycles. The van der Waals surface area contributed by atoms with Crippen molar-refractivity contribution in [2.45, 2.75) is 45.2 Å². The summed E-state index contributed by atoms with van der Waals surface area (Å²) in [6, 6.07) is 0.497. The maximum Gasteiger partial charge on any atom is 0.165 e. The van der Waals surface area contributed by atoms with Gasteiger partial charge in [0.15, 0.2) is 5.82 Å². The topological polar surface area (TPSA) is 55.6 Å². The fourth-order valence-electron chi connectivity index (χ4n) is 2.40. The molecular weight excluding hydrogens is 190 g/mol. The van der Waals surface area contributed by atoms with E-state index in [0.717, 1.165) is 12.4 Å². The van der Waals surface area contributed by atoms with E-state index >= 15 is 0 Å². The molecule has 0 bridgehead atoms. The summed E-state index contributed by atoms with van der Waals surface area (Å²) >= 11 is 0. The van der Waals surface area contributed by atoms with Crippen molar-refractivity contribution in [2.75, 3.05) is 7.05 Å². The standard InChI is InChI=1S/C10H19N5/c1-8-5-3-4-6-9(8)15-10(7-11-2)12-13-14-15/h8-9,11H,3-7H2,1-2H3. The van der Waals surface area contributed by atoms with Gasteiger partial charge in [-0.3, -0.25) is 0 Å². The Morgan fingerprint density at radius 2 is 2.20 bits per heavy atom. The first kappa shape index (κ1) is 10.5. The van der Waals surface area contributed by atoms with E-state index in [9.17, 15) is 0 Å². The molecule has 0 radical (unpaired) electrons. The largest absolute Gasteiger partial charge is 0.313 e. The molecule has 15 heavy (non-hydrogen) atoms. The van der Waals surface area contributed by atoms with Crippen LogP contribution >= 0.6 is 0 Å². The number of hydrogen-bond acceptors (Lipinski definition) is 4. The summed E-state index contributed by atoms with van der Waals surface area (Å²) in [6.07, 6.45) is 5.15. The van der Waals surface area contributed by atoms with E-state index in [1.165, 1.54) is 25.7 Å². The zero-order chi connectivity index (χ0) is 10.7. The van der Waals surface area contributed by atoms with Crippen molar-refractivity contribution in [3.8, 4) is 0 Å². The van der Waals surface area contributed by atoms with Gasteiger partial charge in [-0.2, -0.15) is 0 Å². The van der Waals surface area contributed by atoms with Crippen LogP contribution in [0.2, 0.25) is 0 Å². The van der Waals surface area contributed by atoms with Crippen LogP contribution in [0.4, 0.5) is 0 Å². The van der Waals surface area contributed by atoms with Gasteiger partial charge in [0.1, 0.15) is 0 Å². The van der Waals surface area contributed by atoms with Gasteiger partial charge >= 0.3 is 0 Å². The normalized spacial score (nSPS) is 26.8. The highest BCUT2D eigenvalue weighted by molar-refractivity contribution is 4.87. The molecule has 1 fully saturated rings. The molecule has 5 nitrogen and oxygen atoms in total. The number of hydrogen-bond donors (Lipinski definition) is 1. The molecule has 0 amide bonds. The summed E-state index contributed by atoms with van der Waals surface area (Å²) < 4.78 is 2.01. The number of nitrogens with zero attached hydrogens (tertiary/aromatic N) is 4. The molecule has 0 saturated heterocycles. The molecule has 5 heteroatoms. The lowest BCUT2D eigenvalue weighted by Gasteiger charge is -2.28. The summed E-state index contributed by atoms with van der Waals surface area (Å²) in [4.78, 5) is 0. The molecule has 1 heterocycles.